The van der Waals surface area contributed by atoms with Crippen LogP contribution in [-0.2, 0) is 5.75 Å². The summed E-state index contributed by atoms with van der Waals surface area (Å²) in [6, 6.07) is 16.8. The Kier molecular flexibility index (Phi) is 4.93. The number of aromatic nitrogens is 4. The third kappa shape index (κ3) is 3.33. The third-order valence-corrected chi connectivity index (χ3v) is 6.51. The second kappa shape index (κ2) is 7.88. The summed E-state index contributed by atoms with van der Waals surface area (Å²) in [5.74, 6) is 1.57. The van der Waals surface area contributed by atoms with Crippen molar-refractivity contribution < 1.29 is 0 Å². The molecule has 5 rings (SSSR count). The van der Waals surface area contributed by atoms with Crippen LogP contribution in [0.15, 0.2) is 60.0 Å². The summed E-state index contributed by atoms with van der Waals surface area (Å²) in [7, 11) is 0. The topological polar surface area (TPSA) is 62.1 Å². The summed E-state index contributed by atoms with van der Waals surface area (Å²) in [5, 5.41) is 19.6. The van der Waals surface area contributed by atoms with Crippen LogP contribution in [0.5, 0.6) is 0 Å². The predicted molar refractivity (Wildman–Crippen MR) is 119 cm³/mol. The molecule has 0 aliphatic carbocycles. The number of hydrogen-bond acceptors (Lipinski definition) is 5. The van der Waals surface area contributed by atoms with E-state index in [0.29, 0.717) is 5.75 Å². The third-order valence-electron chi connectivity index (χ3n) is 5.53. The van der Waals surface area contributed by atoms with E-state index in [9.17, 15) is 5.26 Å². The van der Waals surface area contributed by atoms with Crippen LogP contribution >= 0.6 is 11.8 Å². The zero-order valence-electron chi connectivity index (χ0n) is 16.8. The molecule has 0 radical (unpaired) electrons. The molecular formula is C23H22N6S. The van der Waals surface area contributed by atoms with E-state index < -0.39 is 0 Å². The van der Waals surface area contributed by atoms with Gasteiger partial charge in [0.25, 0.3) is 0 Å². The normalized spacial score (nSPS) is 13.8. The molecule has 0 amide bonds. The first-order valence-electron chi connectivity index (χ1n) is 10.1. The lowest BCUT2D eigenvalue weighted by molar-refractivity contribution is 0.841. The molecule has 1 saturated heterocycles. The van der Waals surface area contributed by atoms with Gasteiger partial charge in [0, 0.05) is 31.2 Å². The molecule has 0 spiro atoms. The molecule has 0 bridgehead atoms. The van der Waals surface area contributed by atoms with E-state index in [4.69, 9.17) is 0 Å². The number of thioether (sulfide) groups is 1. The number of rotatable bonds is 5. The van der Waals surface area contributed by atoms with Crippen molar-refractivity contribution in [1.82, 2.24) is 19.2 Å². The average Bonchev–Trinajstić information content (AvgIpc) is 3.50. The summed E-state index contributed by atoms with van der Waals surface area (Å²) >= 11 is 1.62. The number of pyridine rings is 1. The maximum atomic E-state index is 9.70. The zero-order chi connectivity index (χ0) is 20.5. The molecule has 1 fully saturated rings. The molecule has 0 saturated carbocycles. The number of nitrogens with zero attached hydrogens (tertiary/aromatic N) is 6. The zero-order valence-corrected chi connectivity index (χ0v) is 17.6. The molecule has 6 nitrogen and oxygen atoms in total. The van der Waals surface area contributed by atoms with Crippen molar-refractivity contribution in [1.29, 1.82) is 5.26 Å². The summed E-state index contributed by atoms with van der Waals surface area (Å²) in [4.78, 5) is 2.31. The molecule has 7 heteroatoms. The van der Waals surface area contributed by atoms with Crippen LogP contribution in [0.2, 0.25) is 0 Å². The summed E-state index contributed by atoms with van der Waals surface area (Å²) < 4.78 is 4.16. The van der Waals surface area contributed by atoms with Crippen LogP contribution in [-0.4, -0.2) is 32.3 Å². The van der Waals surface area contributed by atoms with Gasteiger partial charge in [0.15, 0.2) is 5.16 Å². The van der Waals surface area contributed by atoms with Gasteiger partial charge < -0.3 is 9.30 Å². The Bertz CT molecular complexity index is 1230. The minimum absolute atomic E-state index is 0.661. The van der Waals surface area contributed by atoms with Gasteiger partial charge in [0.1, 0.15) is 6.07 Å². The lowest BCUT2D eigenvalue weighted by Gasteiger charge is -2.18. The maximum absolute atomic E-state index is 9.70. The van der Waals surface area contributed by atoms with E-state index in [1.807, 2.05) is 35.0 Å². The van der Waals surface area contributed by atoms with E-state index in [1.54, 1.807) is 11.8 Å². The molecule has 0 unspecified atom stereocenters. The van der Waals surface area contributed by atoms with Gasteiger partial charge >= 0.3 is 0 Å². The Morgan fingerprint density at radius 2 is 1.87 bits per heavy atom. The van der Waals surface area contributed by atoms with Crippen LogP contribution < -0.4 is 4.90 Å². The number of benzene rings is 1. The maximum Gasteiger partial charge on any atom is 0.232 e. The Morgan fingerprint density at radius 3 is 2.63 bits per heavy atom. The van der Waals surface area contributed by atoms with Crippen LogP contribution in [0, 0.1) is 18.3 Å². The number of hydrogen-bond donors (Lipinski definition) is 0. The van der Waals surface area contributed by atoms with Crippen molar-refractivity contribution in [2.45, 2.75) is 30.7 Å². The fraction of sp³-hybridized carbons (Fsp3) is 0.261. The molecule has 1 aliphatic rings. The fourth-order valence-electron chi connectivity index (χ4n) is 3.96. The first-order valence-corrected chi connectivity index (χ1v) is 11.1. The van der Waals surface area contributed by atoms with Crippen LogP contribution in [0.3, 0.4) is 0 Å². The van der Waals surface area contributed by atoms with Crippen molar-refractivity contribution in [3.63, 3.8) is 0 Å². The number of anilines is 1. The van der Waals surface area contributed by atoms with Gasteiger partial charge in [0.05, 0.1) is 16.8 Å². The largest absolute Gasteiger partial charge is 0.341 e. The highest BCUT2D eigenvalue weighted by Gasteiger charge is 2.23. The molecule has 4 heterocycles. The second-order valence-electron chi connectivity index (χ2n) is 7.57. The average molecular weight is 415 g/mol. The highest BCUT2D eigenvalue weighted by molar-refractivity contribution is 7.98. The minimum atomic E-state index is 0.661. The summed E-state index contributed by atoms with van der Waals surface area (Å²) in [5.41, 5.74) is 4.97. The van der Waals surface area contributed by atoms with Crippen molar-refractivity contribution in [2.75, 3.05) is 18.0 Å². The molecule has 1 aliphatic heterocycles. The Hall–Kier alpha value is -3.24. The SMILES string of the molecule is Cc1ccc(-n2c(SCc3cn4ccccc4c3C#N)nnc2N2CCCC2)cc1. The molecular weight excluding hydrogens is 392 g/mol. The van der Waals surface area contributed by atoms with Gasteiger partial charge in [-0.15, -0.1) is 10.2 Å². The van der Waals surface area contributed by atoms with E-state index in [1.165, 1.54) is 18.4 Å². The van der Waals surface area contributed by atoms with Crippen molar-refractivity contribution in [3.8, 4) is 11.8 Å². The van der Waals surface area contributed by atoms with Gasteiger partial charge in [-0.05, 0) is 49.6 Å². The van der Waals surface area contributed by atoms with Crippen LogP contribution in [0.25, 0.3) is 11.2 Å². The molecule has 30 heavy (non-hydrogen) atoms. The van der Waals surface area contributed by atoms with Crippen LogP contribution in [0.1, 0.15) is 29.5 Å². The van der Waals surface area contributed by atoms with Crippen molar-refractivity contribution in [2.24, 2.45) is 0 Å². The standard InChI is InChI=1S/C23H22N6S/c1-17-7-9-19(10-8-17)29-22(27-11-4-5-12-27)25-26-23(29)30-16-18-15-28-13-3-2-6-21(28)20(18)14-24/h2-3,6-10,13,15H,4-5,11-12,16H2,1H3. The molecule has 0 atom stereocenters. The van der Waals surface area contributed by atoms with Crippen molar-refractivity contribution in [3.05, 3.63) is 71.5 Å². The van der Waals surface area contributed by atoms with E-state index >= 15 is 0 Å². The number of aryl methyl sites for hydroxylation is 1. The predicted octanol–water partition coefficient (Wildman–Crippen LogP) is 4.59. The van der Waals surface area contributed by atoms with Gasteiger partial charge in [-0.3, -0.25) is 4.57 Å². The van der Waals surface area contributed by atoms with Gasteiger partial charge in [-0.1, -0.05) is 35.5 Å². The smallest absolute Gasteiger partial charge is 0.232 e. The highest BCUT2D eigenvalue weighted by atomic mass is 32.2. The van der Waals surface area contributed by atoms with Gasteiger partial charge in [-0.25, -0.2) is 0 Å². The van der Waals surface area contributed by atoms with Crippen LogP contribution in [0.4, 0.5) is 5.95 Å². The quantitative estimate of drug-likeness (QED) is 0.447. The van der Waals surface area contributed by atoms with E-state index in [-0.39, 0.29) is 0 Å². The number of fused-ring (bicyclic) bond motifs is 1. The van der Waals surface area contributed by atoms with E-state index in [2.05, 4.69) is 56.9 Å². The Labute approximate surface area is 179 Å². The monoisotopic (exact) mass is 414 g/mol. The Morgan fingerprint density at radius 1 is 1.07 bits per heavy atom. The van der Waals surface area contributed by atoms with Crippen molar-refractivity contribution >= 4 is 23.2 Å². The lowest BCUT2D eigenvalue weighted by atomic mass is 10.2. The second-order valence-corrected chi connectivity index (χ2v) is 8.51. The first kappa shape index (κ1) is 18.8. The van der Waals surface area contributed by atoms with Gasteiger partial charge in [-0.2, -0.15) is 5.26 Å². The molecule has 4 aromatic rings. The summed E-state index contributed by atoms with van der Waals surface area (Å²) in [6.45, 7) is 4.12. The first-order chi connectivity index (χ1) is 14.7. The van der Waals surface area contributed by atoms with E-state index in [0.717, 1.165) is 46.5 Å². The molecule has 1 aromatic carbocycles. The minimum Gasteiger partial charge on any atom is -0.341 e. The Balaban J connectivity index is 1.50. The molecule has 150 valence electrons. The summed E-state index contributed by atoms with van der Waals surface area (Å²) in [6.07, 6.45) is 6.39. The lowest BCUT2D eigenvalue weighted by Crippen LogP contribution is -2.22. The highest BCUT2D eigenvalue weighted by Crippen LogP contribution is 2.32. The van der Waals surface area contributed by atoms with Gasteiger partial charge in [0.2, 0.25) is 5.95 Å². The molecule has 0 N–H and O–H groups in total. The number of nitriles is 1. The molecule has 3 aromatic heterocycles. The fourth-order valence-corrected chi connectivity index (χ4v) is 4.87.